The van der Waals surface area contributed by atoms with Gasteiger partial charge in [0.25, 0.3) is 5.91 Å². The minimum atomic E-state index is -0.337. The highest BCUT2D eigenvalue weighted by atomic mass is 35.5. The van der Waals surface area contributed by atoms with Crippen molar-refractivity contribution in [2.75, 3.05) is 11.6 Å². The lowest BCUT2D eigenvalue weighted by molar-refractivity contribution is 0.102. The Labute approximate surface area is 124 Å². The molecule has 1 heterocycles. The number of nitrogens with zero attached hydrogens (tertiary/aromatic N) is 2. The summed E-state index contributed by atoms with van der Waals surface area (Å²) < 4.78 is 0. The maximum atomic E-state index is 12.1. The molecule has 0 saturated carbocycles. The number of carbonyl (C=O) groups excluding carboxylic acids is 1. The normalized spacial score (nSPS) is 10.3. The van der Waals surface area contributed by atoms with Gasteiger partial charge in [-0.25, -0.2) is 9.97 Å². The number of amides is 1. The van der Waals surface area contributed by atoms with Crippen molar-refractivity contribution in [3.05, 3.63) is 46.3 Å². The number of carbonyl (C=O) groups is 1. The van der Waals surface area contributed by atoms with Crippen LogP contribution in [-0.2, 0) is 0 Å². The molecule has 2 aromatic rings. The molecule has 1 aromatic heterocycles. The monoisotopic (exact) mass is 313 g/mol. The van der Waals surface area contributed by atoms with E-state index in [-0.39, 0.29) is 11.1 Å². The molecule has 0 aliphatic heterocycles. The summed E-state index contributed by atoms with van der Waals surface area (Å²) in [4.78, 5) is 20.7. The van der Waals surface area contributed by atoms with E-state index in [1.807, 2.05) is 12.3 Å². The standard InChI is InChI=1S/C12H9Cl2N3OS/c1-19-7-2-3-9(13)8(4-7)12(18)17-11-5-10(14)15-6-16-11/h2-6H,1H3,(H,15,16,17,18). The molecule has 0 fully saturated rings. The van der Waals surface area contributed by atoms with E-state index in [9.17, 15) is 4.79 Å². The minimum absolute atomic E-state index is 0.259. The molecule has 0 saturated heterocycles. The first-order valence-corrected chi connectivity index (χ1v) is 7.20. The number of halogens is 2. The summed E-state index contributed by atoms with van der Waals surface area (Å²) in [7, 11) is 0. The van der Waals surface area contributed by atoms with Crippen molar-refractivity contribution < 1.29 is 4.79 Å². The Balaban J connectivity index is 2.25. The van der Waals surface area contributed by atoms with Gasteiger partial charge in [-0.2, -0.15) is 0 Å². The number of hydrogen-bond acceptors (Lipinski definition) is 4. The first-order valence-electron chi connectivity index (χ1n) is 5.22. The molecule has 0 bridgehead atoms. The van der Waals surface area contributed by atoms with Gasteiger partial charge in [0.05, 0.1) is 10.6 Å². The highest BCUT2D eigenvalue weighted by Crippen LogP contribution is 2.23. The van der Waals surface area contributed by atoms with Gasteiger partial charge in [-0.05, 0) is 24.5 Å². The summed E-state index contributed by atoms with van der Waals surface area (Å²) in [6.07, 6.45) is 3.20. The lowest BCUT2D eigenvalue weighted by Gasteiger charge is -2.07. The highest BCUT2D eigenvalue weighted by Gasteiger charge is 2.12. The van der Waals surface area contributed by atoms with Crippen LogP contribution in [0.1, 0.15) is 10.4 Å². The predicted octanol–water partition coefficient (Wildman–Crippen LogP) is 3.76. The van der Waals surface area contributed by atoms with Crippen LogP contribution in [0.2, 0.25) is 10.2 Å². The van der Waals surface area contributed by atoms with Gasteiger partial charge in [-0.15, -0.1) is 11.8 Å². The van der Waals surface area contributed by atoms with Crippen molar-refractivity contribution in [1.82, 2.24) is 9.97 Å². The van der Waals surface area contributed by atoms with Crippen molar-refractivity contribution in [1.29, 1.82) is 0 Å². The fourth-order valence-electron chi connectivity index (χ4n) is 1.39. The van der Waals surface area contributed by atoms with E-state index >= 15 is 0 Å². The Kier molecular flexibility index (Phi) is 4.63. The van der Waals surface area contributed by atoms with Crippen LogP contribution in [0.15, 0.2) is 35.5 Å². The summed E-state index contributed by atoms with van der Waals surface area (Å²) in [6, 6.07) is 6.73. The zero-order valence-electron chi connectivity index (χ0n) is 9.85. The molecule has 0 unspecified atom stereocenters. The molecule has 4 nitrogen and oxygen atoms in total. The van der Waals surface area contributed by atoms with Crippen molar-refractivity contribution in [3.63, 3.8) is 0 Å². The average molecular weight is 314 g/mol. The van der Waals surface area contributed by atoms with E-state index in [1.54, 1.807) is 12.1 Å². The number of hydrogen-bond donors (Lipinski definition) is 1. The zero-order chi connectivity index (χ0) is 13.8. The van der Waals surface area contributed by atoms with E-state index in [2.05, 4.69) is 15.3 Å². The topological polar surface area (TPSA) is 54.9 Å². The number of anilines is 1. The fourth-order valence-corrected chi connectivity index (χ4v) is 2.18. The molecule has 2 rings (SSSR count). The number of nitrogens with one attached hydrogen (secondary N) is 1. The Hall–Kier alpha value is -1.30. The Bertz CT molecular complexity index is 622. The van der Waals surface area contributed by atoms with E-state index in [4.69, 9.17) is 23.2 Å². The van der Waals surface area contributed by atoms with Crippen molar-refractivity contribution in [3.8, 4) is 0 Å². The third kappa shape index (κ3) is 3.59. The maximum Gasteiger partial charge on any atom is 0.258 e. The molecular weight excluding hydrogens is 305 g/mol. The quantitative estimate of drug-likeness (QED) is 0.692. The summed E-state index contributed by atoms with van der Waals surface area (Å²) in [6.45, 7) is 0. The summed E-state index contributed by atoms with van der Waals surface area (Å²) in [5, 5.41) is 3.27. The average Bonchev–Trinajstić information content (AvgIpc) is 2.39. The third-order valence-electron chi connectivity index (χ3n) is 2.29. The lowest BCUT2D eigenvalue weighted by Crippen LogP contribution is -2.13. The molecule has 0 aliphatic carbocycles. The summed E-state index contributed by atoms with van der Waals surface area (Å²) >= 11 is 13.3. The van der Waals surface area contributed by atoms with Gasteiger partial charge >= 0.3 is 0 Å². The first kappa shape index (κ1) is 14.1. The van der Waals surface area contributed by atoms with E-state index in [1.165, 1.54) is 24.2 Å². The predicted molar refractivity (Wildman–Crippen MR) is 78.2 cm³/mol. The van der Waals surface area contributed by atoms with Crippen LogP contribution in [0.5, 0.6) is 0 Å². The van der Waals surface area contributed by atoms with Crippen LogP contribution >= 0.6 is 35.0 Å². The second-order valence-corrected chi connectivity index (χ2v) is 5.20. The van der Waals surface area contributed by atoms with Gasteiger partial charge in [0.15, 0.2) is 0 Å². The van der Waals surface area contributed by atoms with Crippen molar-refractivity contribution in [2.45, 2.75) is 4.90 Å². The molecule has 1 N–H and O–H groups in total. The van der Waals surface area contributed by atoms with Gasteiger partial charge in [-0.1, -0.05) is 23.2 Å². The second kappa shape index (κ2) is 6.23. The molecule has 19 heavy (non-hydrogen) atoms. The molecule has 0 spiro atoms. The van der Waals surface area contributed by atoms with Crippen LogP contribution in [-0.4, -0.2) is 22.1 Å². The Morgan fingerprint density at radius 2 is 2.05 bits per heavy atom. The number of aromatic nitrogens is 2. The zero-order valence-corrected chi connectivity index (χ0v) is 12.2. The minimum Gasteiger partial charge on any atom is -0.306 e. The first-order chi connectivity index (χ1) is 9.10. The molecule has 1 amide bonds. The fraction of sp³-hybridized carbons (Fsp3) is 0.0833. The molecule has 0 aliphatic rings. The molecule has 98 valence electrons. The molecule has 1 aromatic carbocycles. The Morgan fingerprint density at radius 3 is 2.74 bits per heavy atom. The van der Waals surface area contributed by atoms with Crippen LogP contribution in [0, 0.1) is 0 Å². The number of benzene rings is 1. The smallest absolute Gasteiger partial charge is 0.258 e. The molecule has 7 heteroatoms. The number of thioether (sulfide) groups is 1. The van der Waals surface area contributed by atoms with Crippen LogP contribution < -0.4 is 5.32 Å². The van der Waals surface area contributed by atoms with E-state index in [0.29, 0.717) is 16.4 Å². The van der Waals surface area contributed by atoms with Crippen molar-refractivity contribution in [2.24, 2.45) is 0 Å². The maximum absolute atomic E-state index is 12.1. The van der Waals surface area contributed by atoms with E-state index < -0.39 is 0 Å². The SMILES string of the molecule is CSc1ccc(Cl)c(C(=O)Nc2cc(Cl)ncn2)c1. The summed E-state index contributed by atoms with van der Waals surface area (Å²) in [5.74, 6) is -0.00807. The van der Waals surface area contributed by atoms with Crippen LogP contribution in [0.3, 0.4) is 0 Å². The number of rotatable bonds is 3. The van der Waals surface area contributed by atoms with Crippen molar-refractivity contribution >= 4 is 46.7 Å². The van der Waals surface area contributed by atoms with Gasteiger partial charge in [-0.3, -0.25) is 4.79 Å². The van der Waals surface area contributed by atoms with Gasteiger partial charge in [0.1, 0.15) is 17.3 Å². The van der Waals surface area contributed by atoms with Crippen LogP contribution in [0.25, 0.3) is 0 Å². The van der Waals surface area contributed by atoms with Gasteiger partial charge < -0.3 is 5.32 Å². The third-order valence-corrected chi connectivity index (χ3v) is 3.56. The largest absolute Gasteiger partial charge is 0.306 e. The van der Waals surface area contributed by atoms with Crippen LogP contribution in [0.4, 0.5) is 5.82 Å². The van der Waals surface area contributed by atoms with E-state index in [0.717, 1.165) is 4.90 Å². The lowest BCUT2D eigenvalue weighted by atomic mass is 10.2. The second-order valence-electron chi connectivity index (χ2n) is 3.53. The molecule has 0 radical (unpaired) electrons. The van der Waals surface area contributed by atoms with Gasteiger partial charge in [0.2, 0.25) is 0 Å². The summed E-state index contributed by atoms with van der Waals surface area (Å²) in [5.41, 5.74) is 0.392. The van der Waals surface area contributed by atoms with Gasteiger partial charge in [0, 0.05) is 11.0 Å². The Morgan fingerprint density at radius 1 is 1.26 bits per heavy atom. The highest BCUT2D eigenvalue weighted by molar-refractivity contribution is 7.98. The molecule has 0 atom stereocenters. The molecular formula is C12H9Cl2N3OS.